The fraction of sp³-hybridized carbons (Fsp3) is 0.435. The number of hydrazine groups is 1. The van der Waals surface area contributed by atoms with Crippen LogP contribution in [0.1, 0.15) is 53.0 Å². The number of phenolic OH excluding ortho intramolecular Hbond substituents is 1. The van der Waals surface area contributed by atoms with Crippen LogP contribution in [0.5, 0.6) is 5.75 Å². The Balaban J connectivity index is 0.847. The molecule has 6 N–H and O–H groups in total. The molecular weight excluding hydrogens is 839 g/mol. The number of morpholine rings is 1. The second-order valence-corrected chi connectivity index (χ2v) is 15.5. The summed E-state index contributed by atoms with van der Waals surface area (Å²) in [6.45, 7) is 9.16. The van der Waals surface area contributed by atoms with E-state index in [0.717, 1.165) is 12.2 Å². The summed E-state index contributed by atoms with van der Waals surface area (Å²) >= 11 is 0. The highest BCUT2D eigenvalue weighted by Gasteiger charge is 2.37. The second kappa shape index (κ2) is 24.1. The number of carbonyl (C=O) groups is 5. The number of aromatic hydroxyl groups is 1. The number of anilines is 2. The SMILES string of the molecule is CCN(C)c1ccc(C(=O)N[C@H](C)CCC(=O)NCCOCCOCCOCCNC(=O)Cn2nc3c(c2-c2ccc(O)cc2)C(=O)c2c(NC(=O)NN4CCOCC4)cccc2-3)cc1. The molecule has 0 saturated carbocycles. The first-order valence-corrected chi connectivity index (χ1v) is 21.9. The van der Waals surface area contributed by atoms with Crippen molar-refractivity contribution in [3.8, 4) is 28.3 Å². The van der Waals surface area contributed by atoms with Crippen LogP contribution in [0.2, 0.25) is 0 Å². The van der Waals surface area contributed by atoms with Crippen molar-refractivity contribution in [3.05, 3.63) is 83.4 Å². The zero-order valence-corrected chi connectivity index (χ0v) is 37.2. The molecular formula is C46H59N9O10. The van der Waals surface area contributed by atoms with E-state index < -0.39 is 6.03 Å². The van der Waals surface area contributed by atoms with Crippen LogP contribution in [-0.4, -0.2) is 148 Å². The van der Waals surface area contributed by atoms with Gasteiger partial charge in [-0.1, -0.05) is 12.1 Å². The molecule has 3 aromatic carbocycles. The van der Waals surface area contributed by atoms with Crippen molar-refractivity contribution < 1.29 is 48.0 Å². The average Bonchev–Trinajstić information content (AvgIpc) is 3.81. The number of hydrogen-bond acceptors (Lipinski definition) is 13. The van der Waals surface area contributed by atoms with Crippen molar-refractivity contribution in [2.45, 2.75) is 39.3 Å². The Hall–Kier alpha value is -6.38. The Morgan fingerprint density at radius 3 is 2.15 bits per heavy atom. The molecule has 0 spiro atoms. The number of hydrogen-bond donors (Lipinski definition) is 6. The molecule has 2 heterocycles. The molecule has 1 aromatic heterocycles. The third-order valence-corrected chi connectivity index (χ3v) is 10.8. The van der Waals surface area contributed by atoms with Gasteiger partial charge in [0.1, 0.15) is 18.0 Å². The molecule has 6 rings (SSSR count). The second-order valence-electron chi connectivity index (χ2n) is 15.5. The summed E-state index contributed by atoms with van der Waals surface area (Å²) < 4.78 is 23.5. The Bertz CT molecular complexity index is 2240. The summed E-state index contributed by atoms with van der Waals surface area (Å²) in [7, 11) is 1.99. The number of ether oxygens (including phenoxy) is 4. The van der Waals surface area contributed by atoms with E-state index in [4.69, 9.17) is 24.0 Å². The summed E-state index contributed by atoms with van der Waals surface area (Å²) in [6.07, 6.45) is 0.785. The zero-order valence-electron chi connectivity index (χ0n) is 37.2. The standard InChI is InChI=1S/C46H59N9O10/c1-4-53(3)34-13-9-33(10-14-34)45(60)49-31(2)8-17-38(57)47-18-22-62-26-28-65-29-27-63-23-19-48-39(58)30-55-43(32-11-15-35(56)16-12-32)41-42(51-55)36-6-5-7-37(40(36)44(41)59)50-46(61)52-54-20-24-64-25-21-54/h5-7,9-16,31,56H,4,8,17-30H2,1-3H3,(H,47,57)(H,48,58)(H,49,60)(H2,50,52,61)/t31-/m1/s1. The number of aromatic nitrogens is 2. The number of nitrogens with one attached hydrogen (secondary N) is 5. The normalized spacial score (nSPS) is 13.7. The lowest BCUT2D eigenvalue weighted by Gasteiger charge is -2.27. The van der Waals surface area contributed by atoms with E-state index in [9.17, 15) is 29.1 Å². The van der Waals surface area contributed by atoms with Crippen molar-refractivity contribution in [3.63, 3.8) is 0 Å². The molecule has 19 nitrogen and oxygen atoms in total. The topological polar surface area (TPSA) is 227 Å². The third-order valence-electron chi connectivity index (χ3n) is 10.8. The van der Waals surface area contributed by atoms with Crippen LogP contribution in [0, 0.1) is 0 Å². The number of rotatable bonds is 24. The first kappa shape index (κ1) is 48.1. The lowest BCUT2D eigenvalue weighted by Crippen LogP contribution is -2.49. The molecule has 19 heteroatoms. The summed E-state index contributed by atoms with van der Waals surface area (Å²) in [5, 5.41) is 27.8. The molecule has 65 heavy (non-hydrogen) atoms. The number of benzene rings is 3. The van der Waals surface area contributed by atoms with Crippen molar-refractivity contribution in [1.82, 2.24) is 36.2 Å². The van der Waals surface area contributed by atoms with Crippen LogP contribution >= 0.6 is 0 Å². The smallest absolute Gasteiger partial charge is 0.333 e. The Kier molecular flexibility index (Phi) is 17.8. The molecule has 1 aliphatic carbocycles. The van der Waals surface area contributed by atoms with Gasteiger partial charge in [0.05, 0.1) is 75.4 Å². The van der Waals surface area contributed by atoms with E-state index in [0.29, 0.717) is 117 Å². The highest BCUT2D eigenvalue weighted by atomic mass is 16.5. The number of nitrogens with zero attached hydrogens (tertiary/aromatic N) is 4. The number of carbonyl (C=O) groups excluding carboxylic acids is 5. The minimum Gasteiger partial charge on any atom is -0.508 e. The molecule has 1 fully saturated rings. The maximum atomic E-state index is 14.1. The van der Waals surface area contributed by atoms with Gasteiger partial charge < -0.3 is 50.2 Å². The average molecular weight is 898 g/mol. The summed E-state index contributed by atoms with van der Waals surface area (Å²) in [4.78, 5) is 67.1. The van der Waals surface area contributed by atoms with E-state index in [1.165, 1.54) is 16.8 Å². The van der Waals surface area contributed by atoms with Crippen molar-refractivity contribution in [1.29, 1.82) is 0 Å². The van der Waals surface area contributed by atoms with E-state index in [1.54, 1.807) is 47.5 Å². The number of phenols is 1. The highest BCUT2D eigenvalue weighted by molar-refractivity contribution is 6.27. The summed E-state index contributed by atoms with van der Waals surface area (Å²) in [5.74, 6) is -0.945. The van der Waals surface area contributed by atoms with Gasteiger partial charge in [0.2, 0.25) is 11.8 Å². The van der Waals surface area contributed by atoms with Crippen LogP contribution in [-0.2, 0) is 35.1 Å². The molecule has 2 aliphatic rings. The minimum absolute atomic E-state index is 0.0410. The van der Waals surface area contributed by atoms with Gasteiger partial charge in [0, 0.05) is 74.6 Å². The molecule has 4 aromatic rings. The molecule has 1 atom stereocenters. The zero-order chi connectivity index (χ0) is 46.1. The summed E-state index contributed by atoms with van der Waals surface area (Å²) in [5.41, 5.74) is 7.22. The fourth-order valence-corrected chi connectivity index (χ4v) is 7.21. The van der Waals surface area contributed by atoms with Crippen LogP contribution in [0.25, 0.3) is 22.5 Å². The van der Waals surface area contributed by atoms with Crippen LogP contribution < -0.4 is 31.6 Å². The number of ketones is 1. The molecule has 5 amide bonds. The van der Waals surface area contributed by atoms with E-state index in [1.807, 2.05) is 26.1 Å². The van der Waals surface area contributed by atoms with Gasteiger partial charge in [-0.15, -0.1) is 0 Å². The van der Waals surface area contributed by atoms with Gasteiger partial charge in [-0.25, -0.2) is 9.80 Å². The molecule has 0 radical (unpaired) electrons. The lowest BCUT2D eigenvalue weighted by atomic mass is 10.0. The fourth-order valence-electron chi connectivity index (χ4n) is 7.21. The largest absolute Gasteiger partial charge is 0.508 e. The molecule has 1 saturated heterocycles. The maximum absolute atomic E-state index is 14.1. The van der Waals surface area contributed by atoms with Crippen LogP contribution in [0.3, 0.4) is 0 Å². The number of urea groups is 1. The molecule has 348 valence electrons. The first-order valence-electron chi connectivity index (χ1n) is 21.9. The van der Waals surface area contributed by atoms with Gasteiger partial charge in [-0.2, -0.15) is 5.10 Å². The summed E-state index contributed by atoms with van der Waals surface area (Å²) in [6, 6.07) is 18.2. The number of fused-ring (bicyclic) bond motifs is 3. The van der Waals surface area contributed by atoms with E-state index in [2.05, 4.69) is 38.5 Å². The monoisotopic (exact) mass is 897 g/mol. The number of amides is 5. The lowest BCUT2D eigenvalue weighted by molar-refractivity contribution is -0.122. The maximum Gasteiger partial charge on any atom is 0.333 e. The van der Waals surface area contributed by atoms with Gasteiger partial charge >= 0.3 is 6.03 Å². The Labute approximate surface area is 378 Å². The Morgan fingerprint density at radius 2 is 1.49 bits per heavy atom. The van der Waals surface area contributed by atoms with Crippen molar-refractivity contribution >= 4 is 40.9 Å². The predicted octanol–water partition coefficient (Wildman–Crippen LogP) is 3.17. The van der Waals surface area contributed by atoms with Gasteiger partial charge in [-0.3, -0.25) is 29.3 Å². The molecule has 1 aliphatic heterocycles. The quantitative estimate of drug-likeness (QED) is 0.0490. The van der Waals surface area contributed by atoms with Crippen LogP contribution in [0.15, 0.2) is 66.7 Å². The molecule has 0 bridgehead atoms. The van der Waals surface area contributed by atoms with Gasteiger partial charge in [0.15, 0.2) is 5.78 Å². The predicted molar refractivity (Wildman–Crippen MR) is 243 cm³/mol. The van der Waals surface area contributed by atoms with Crippen LogP contribution in [0.4, 0.5) is 16.2 Å². The van der Waals surface area contributed by atoms with E-state index >= 15 is 0 Å². The van der Waals surface area contributed by atoms with Crippen molar-refractivity contribution in [2.75, 3.05) is 103 Å². The first-order chi connectivity index (χ1) is 31.5. The Morgan fingerprint density at radius 1 is 0.846 bits per heavy atom. The molecule has 0 unspecified atom stereocenters. The van der Waals surface area contributed by atoms with Crippen molar-refractivity contribution in [2.24, 2.45) is 0 Å². The highest BCUT2D eigenvalue weighted by Crippen LogP contribution is 2.44. The van der Waals surface area contributed by atoms with E-state index in [-0.39, 0.29) is 61.4 Å². The van der Waals surface area contributed by atoms with Gasteiger partial charge in [-0.05, 0) is 74.9 Å². The van der Waals surface area contributed by atoms with Gasteiger partial charge in [0.25, 0.3) is 5.91 Å². The third kappa shape index (κ3) is 13.6. The minimum atomic E-state index is -0.489.